The zero-order valence-electron chi connectivity index (χ0n) is 19.9. The summed E-state index contributed by atoms with van der Waals surface area (Å²) in [4.78, 5) is 16.8. The van der Waals surface area contributed by atoms with E-state index in [1.54, 1.807) is 12.1 Å². The zero-order chi connectivity index (χ0) is 24.7. The second kappa shape index (κ2) is 10.9. The molecule has 6 heteroatoms. The molecule has 1 N–H and O–H groups in total. The molecule has 0 aliphatic heterocycles. The lowest BCUT2D eigenvalue weighted by atomic mass is 9.91. The molecule has 0 fully saturated rings. The quantitative estimate of drug-likeness (QED) is 0.284. The monoisotopic (exact) mass is 471 g/mol. The van der Waals surface area contributed by atoms with Gasteiger partial charge in [-0.3, -0.25) is 0 Å². The van der Waals surface area contributed by atoms with Gasteiger partial charge in [0.05, 0.1) is 12.3 Å². The van der Waals surface area contributed by atoms with Gasteiger partial charge < -0.3 is 19.0 Å². The third-order valence-corrected chi connectivity index (χ3v) is 5.95. The molecule has 4 aromatic rings. The predicted molar refractivity (Wildman–Crippen MR) is 134 cm³/mol. The Balaban J connectivity index is 1.36. The Labute approximate surface area is 205 Å². The largest absolute Gasteiger partial charge is 0.493 e. The highest BCUT2D eigenvalue weighted by Gasteiger charge is 2.39. The van der Waals surface area contributed by atoms with Crippen molar-refractivity contribution in [3.63, 3.8) is 0 Å². The molecular weight excluding hydrogens is 442 g/mol. The number of nitrogens with zero attached hydrogens (tertiary/aromatic N) is 1. The maximum absolute atomic E-state index is 12.2. The number of aryl methyl sites for hydroxylation is 1. The number of benzene rings is 3. The summed E-state index contributed by atoms with van der Waals surface area (Å²) in [5.41, 5.74) is 1.33. The number of oxazole rings is 1. The average Bonchev–Trinajstić information content (AvgIpc) is 3.26. The van der Waals surface area contributed by atoms with Gasteiger partial charge in [-0.15, -0.1) is 0 Å². The fourth-order valence-corrected chi connectivity index (χ4v) is 3.88. The van der Waals surface area contributed by atoms with Crippen molar-refractivity contribution in [2.24, 2.45) is 0 Å². The first kappa shape index (κ1) is 24.1. The minimum absolute atomic E-state index is 0.244. The van der Waals surface area contributed by atoms with Crippen molar-refractivity contribution < 1.29 is 23.8 Å². The number of aliphatic carboxylic acids is 1. The Hall–Kier alpha value is -4.06. The van der Waals surface area contributed by atoms with Gasteiger partial charge in [0.1, 0.15) is 17.3 Å². The van der Waals surface area contributed by atoms with Crippen LogP contribution in [0.1, 0.15) is 30.4 Å². The van der Waals surface area contributed by atoms with Gasteiger partial charge in [0.15, 0.2) is 0 Å². The lowest BCUT2D eigenvalue weighted by Crippen LogP contribution is -2.46. The molecule has 6 nitrogen and oxygen atoms in total. The minimum Gasteiger partial charge on any atom is -0.493 e. The molecule has 0 radical (unpaired) electrons. The van der Waals surface area contributed by atoms with E-state index in [2.05, 4.69) is 4.98 Å². The fourth-order valence-electron chi connectivity index (χ4n) is 3.88. The standard InChI is InChI=1S/C29H29NO5/c1-3-29(28(31)32,35-25-12-8-5-9-13-25)20-22-14-16-24(17-15-22)33-19-18-26-21(2)34-27(30-26)23-10-6-4-7-11-23/h4-17H,3,18-20H2,1-2H3,(H,31,32)/t29-/m0/s1. The van der Waals surface area contributed by atoms with Crippen LogP contribution in [0.4, 0.5) is 0 Å². The number of carboxylic acids is 1. The van der Waals surface area contributed by atoms with Crippen molar-refractivity contribution in [2.45, 2.75) is 38.7 Å². The van der Waals surface area contributed by atoms with Gasteiger partial charge in [-0.1, -0.05) is 55.5 Å². The van der Waals surface area contributed by atoms with Crippen LogP contribution in [0.2, 0.25) is 0 Å². The molecule has 0 aliphatic carbocycles. The first-order valence-corrected chi connectivity index (χ1v) is 11.7. The average molecular weight is 472 g/mol. The Morgan fingerprint density at radius 2 is 1.60 bits per heavy atom. The van der Waals surface area contributed by atoms with E-state index in [0.29, 0.717) is 36.8 Å². The van der Waals surface area contributed by atoms with E-state index in [9.17, 15) is 9.90 Å². The molecule has 35 heavy (non-hydrogen) atoms. The van der Waals surface area contributed by atoms with Gasteiger partial charge in [0.2, 0.25) is 11.5 Å². The molecule has 0 saturated heterocycles. The normalized spacial score (nSPS) is 12.6. The van der Waals surface area contributed by atoms with Gasteiger partial charge in [0, 0.05) is 18.4 Å². The lowest BCUT2D eigenvalue weighted by molar-refractivity contribution is -0.155. The molecule has 1 atom stereocenters. The molecule has 0 spiro atoms. The number of hydrogen-bond acceptors (Lipinski definition) is 5. The van der Waals surface area contributed by atoms with Crippen molar-refractivity contribution >= 4 is 5.97 Å². The summed E-state index contributed by atoms with van der Waals surface area (Å²) in [7, 11) is 0. The highest BCUT2D eigenvalue weighted by Crippen LogP contribution is 2.27. The molecular formula is C29H29NO5. The highest BCUT2D eigenvalue weighted by molar-refractivity contribution is 5.78. The molecule has 0 aliphatic rings. The van der Waals surface area contributed by atoms with Crippen molar-refractivity contribution in [3.8, 4) is 23.0 Å². The first-order valence-electron chi connectivity index (χ1n) is 11.7. The lowest BCUT2D eigenvalue weighted by Gasteiger charge is -2.29. The van der Waals surface area contributed by atoms with Gasteiger partial charge >= 0.3 is 5.97 Å². The molecule has 0 unspecified atom stereocenters. The maximum atomic E-state index is 12.2. The topological polar surface area (TPSA) is 81.8 Å². The predicted octanol–water partition coefficient (Wildman–Crippen LogP) is 6.13. The van der Waals surface area contributed by atoms with E-state index < -0.39 is 11.6 Å². The molecule has 0 bridgehead atoms. The van der Waals surface area contributed by atoms with Crippen LogP contribution in [-0.2, 0) is 17.6 Å². The molecule has 1 aromatic heterocycles. The smallest absolute Gasteiger partial charge is 0.348 e. The van der Waals surface area contributed by atoms with Crippen molar-refractivity contribution in [1.82, 2.24) is 4.98 Å². The van der Waals surface area contributed by atoms with E-state index in [-0.39, 0.29) is 6.42 Å². The van der Waals surface area contributed by atoms with E-state index in [4.69, 9.17) is 13.9 Å². The van der Waals surface area contributed by atoms with Crippen LogP contribution in [0.15, 0.2) is 89.3 Å². The van der Waals surface area contributed by atoms with E-state index in [1.807, 2.05) is 86.6 Å². The van der Waals surface area contributed by atoms with E-state index in [1.165, 1.54) is 0 Å². The number of para-hydroxylation sites is 1. The summed E-state index contributed by atoms with van der Waals surface area (Å²) in [6.07, 6.45) is 1.19. The summed E-state index contributed by atoms with van der Waals surface area (Å²) < 4.78 is 17.7. The SMILES string of the molecule is CC[C@@](Cc1ccc(OCCc2nc(-c3ccccc3)oc2C)cc1)(Oc1ccccc1)C(=O)O. The summed E-state index contributed by atoms with van der Waals surface area (Å²) >= 11 is 0. The third-order valence-electron chi connectivity index (χ3n) is 5.95. The Morgan fingerprint density at radius 1 is 0.943 bits per heavy atom. The van der Waals surface area contributed by atoms with Gasteiger partial charge in [0.25, 0.3) is 0 Å². The molecule has 0 saturated carbocycles. The van der Waals surface area contributed by atoms with Crippen LogP contribution in [0, 0.1) is 6.92 Å². The molecule has 3 aromatic carbocycles. The van der Waals surface area contributed by atoms with Crippen LogP contribution in [-0.4, -0.2) is 28.3 Å². The number of carboxylic acid groups (broad SMARTS) is 1. The summed E-state index contributed by atoms with van der Waals surface area (Å²) in [5.74, 6) is 1.65. The van der Waals surface area contributed by atoms with E-state index in [0.717, 1.165) is 22.6 Å². The third kappa shape index (κ3) is 5.90. The molecule has 4 rings (SSSR count). The number of rotatable bonds is 11. The number of hydrogen-bond donors (Lipinski definition) is 1. The highest BCUT2D eigenvalue weighted by atomic mass is 16.5. The van der Waals surface area contributed by atoms with Gasteiger partial charge in [-0.25, -0.2) is 9.78 Å². The van der Waals surface area contributed by atoms with Crippen molar-refractivity contribution in [2.75, 3.05) is 6.61 Å². The van der Waals surface area contributed by atoms with Crippen LogP contribution < -0.4 is 9.47 Å². The molecule has 180 valence electrons. The Kier molecular flexibility index (Phi) is 7.51. The summed E-state index contributed by atoms with van der Waals surface area (Å²) in [5, 5.41) is 9.96. The first-order chi connectivity index (χ1) is 17.0. The van der Waals surface area contributed by atoms with Gasteiger partial charge in [-0.05, 0) is 55.3 Å². The minimum atomic E-state index is -1.34. The maximum Gasteiger partial charge on any atom is 0.348 e. The van der Waals surface area contributed by atoms with E-state index >= 15 is 0 Å². The van der Waals surface area contributed by atoms with Gasteiger partial charge in [-0.2, -0.15) is 0 Å². The Bertz CT molecular complexity index is 1240. The summed E-state index contributed by atoms with van der Waals surface area (Å²) in [6.45, 7) is 4.18. The summed E-state index contributed by atoms with van der Waals surface area (Å²) in [6, 6.07) is 26.3. The van der Waals surface area contributed by atoms with Crippen LogP contribution >= 0.6 is 0 Å². The number of carbonyl (C=O) groups is 1. The Morgan fingerprint density at radius 3 is 2.23 bits per heavy atom. The second-order valence-electron chi connectivity index (χ2n) is 8.38. The van der Waals surface area contributed by atoms with Crippen molar-refractivity contribution in [3.05, 3.63) is 102 Å². The fraction of sp³-hybridized carbons (Fsp3) is 0.241. The number of aromatic nitrogens is 1. The molecule has 0 amide bonds. The van der Waals surface area contributed by atoms with Crippen LogP contribution in [0.25, 0.3) is 11.5 Å². The number of ether oxygens (including phenoxy) is 2. The molecule has 1 heterocycles. The zero-order valence-corrected chi connectivity index (χ0v) is 19.9. The van der Waals surface area contributed by atoms with Crippen LogP contribution in [0.5, 0.6) is 11.5 Å². The van der Waals surface area contributed by atoms with Crippen molar-refractivity contribution in [1.29, 1.82) is 0 Å². The van der Waals surface area contributed by atoms with Crippen LogP contribution in [0.3, 0.4) is 0 Å². The second-order valence-corrected chi connectivity index (χ2v) is 8.38.